The fourth-order valence-electron chi connectivity index (χ4n) is 2.09. The Hall–Kier alpha value is -2.24. The summed E-state index contributed by atoms with van der Waals surface area (Å²) in [5, 5.41) is 4.66. The van der Waals surface area contributed by atoms with E-state index >= 15 is 0 Å². The lowest BCUT2D eigenvalue weighted by Crippen LogP contribution is -2.19. The Morgan fingerprint density at radius 3 is 2.83 bits per heavy atom. The number of nitrogens with one attached hydrogen (secondary N) is 1. The van der Waals surface area contributed by atoms with Gasteiger partial charge in [-0.15, -0.1) is 0 Å². The number of hydrogen-bond donors (Lipinski definition) is 1. The number of hydrogen-bond acceptors (Lipinski definition) is 4. The lowest BCUT2D eigenvalue weighted by molar-refractivity contribution is 0.0955. The van der Waals surface area contributed by atoms with Crippen molar-refractivity contribution in [1.29, 1.82) is 0 Å². The Bertz CT molecular complexity index is 778. The van der Waals surface area contributed by atoms with Gasteiger partial charge in [0.1, 0.15) is 13.2 Å². The van der Waals surface area contributed by atoms with Gasteiger partial charge in [0.2, 0.25) is 0 Å². The number of carbonyl (C=O) groups is 1. The summed E-state index contributed by atoms with van der Waals surface area (Å²) in [5.41, 5.74) is 3.43. The van der Waals surface area contributed by atoms with Crippen LogP contribution in [0.1, 0.15) is 15.9 Å². The molecule has 0 saturated carbocycles. The smallest absolute Gasteiger partial charge is 0.272 e. The van der Waals surface area contributed by atoms with Crippen molar-refractivity contribution in [2.24, 2.45) is 5.10 Å². The van der Waals surface area contributed by atoms with Gasteiger partial charge in [-0.1, -0.05) is 29.3 Å². The van der Waals surface area contributed by atoms with E-state index in [0.717, 1.165) is 0 Å². The number of fused-ring (bicyclic) bond motifs is 1. The first-order chi connectivity index (χ1) is 11.1. The minimum absolute atomic E-state index is 0.263. The van der Waals surface area contributed by atoms with E-state index in [1.165, 1.54) is 18.3 Å². The zero-order valence-electron chi connectivity index (χ0n) is 11.9. The van der Waals surface area contributed by atoms with Crippen molar-refractivity contribution in [3.8, 4) is 11.5 Å². The molecule has 2 aromatic carbocycles. The van der Waals surface area contributed by atoms with Gasteiger partial charge in [0.15, 0.2) is 11.5 Å². The van der Waals surface area contributed by atoms with Crippen LogP contribution in [0.3, 0.4) is 0 Å². The number of hydrazone groups is 1. The molecule has 7 heteroatoms. The summed E-state index contributed by atoms with van der Waals surface area (Å²) in [6.07, 6.45) is 1.50. The maximum Gasteiger partial charge on any atom is 0.272 e. The van der Waals surface area contributed by atoms with E-state index in [9.17, 15) is 4.79 Å². The predicted octanol–water partition coefficient (Wildman–Crippen LogP) is 3.53. The lowest BCUT2D eigenvalue weighted by Gasteiger charge is -2.19. The highest BCUT2D eigenvalue weighted by Gasteiger charge is 2.14. The number of nitrogens with zero attached hydrogens (tertiary/aromatic N) is 1. The van der Waals surface area contributed by atoms with E-state index < -0.39 is 5.91 Å². The molecule has 0 radical (unpaired) electrons. The van der Waals surface area contributed by atoms with E-state index in [0.29, 0.717) is 40.9 Å². The highest BCUT2D eigenvalue weighted by atomic mass is 35.5. The molecule has 0 fully saturated rings. The zero-order chi connectivity index (χ0) is 16.2. The molecule has 1 heterocycles. The van der Waals surface area contributed by atoms with Gasteiger partial charge in [-0.05, 0) is 30.3 Å². The molecule has 23 heavy (non-hydrogen) atoms. The van der Waals surface area contributed by atoms with Crippen LogP contribution in [-0.4, -0.2) is 25.3 Å². The van der Waals surface area contributed by atoms with Gasteiger partial charge in [0.05, 0.1) is 16.8 Å². The monoisotopic (exact) mass is 350 g/mol. The molecule has 2 aromatic rings. The summed E-state index contributed by atoms with van der Waals surface area (Å²) in [4.78, 5) is 12.0. The lowest BCUT2D eigenvalue weighted by atomic mass is 10.2. The molecule has 1 aliphatic heterocycles. The standard InChI is InChI=1S/C16H12Cl2N2O3/c17-11-4-5-12(13(18)8-11)16(21)20-19-9-10-2-1-3-14-15(10)23-7-6-22-14/h1-5,8-9H,6-7H2,(H,20,21)/b19-9-. The molecule has 0 aromatic heterocycles. The molecule has 1 amide bonds. The SMILES string of the molecule is O=C(N/N=C\c1cccc2c1OCCO2)c1ccc(Cl)cc1Cl. The Morgan fingerprint density at radius 1 is 1.17 bits per heavy atom. The molecule has 0 saturated heterocycles. The van der Waals surface area contributed by atoms with Crippen molar-refractivity contribution in [3.05, 3.63) is 57.6 Å². The van der Waals surface area contributed by atoms with Gasteiger partial charge < -0.3 is 9.47 Å². The van der Waals surface area contributed by atoms with Crippen LogP contribution in [-0.2, 0) is 0 Å². The van der Waals surface area contributed by atoms with Crippen LogP contribution in [0.4, 0.5) is 0 Å². The average molecular weight is 351 g/mol. The third kappa shape index (κ3) is 3.57. The number of benzene rings is 2. The molecule has 1 N–H and O–H groups in total. The summed E-state index contributed by atoms with van der Waals surface area (Å²) in [5.74, 6) is 0.846. The van der Waals surface area contributed by atoms with E-state index in [1.807, 2.05) is 18.2 Å². The maximum atomic E-state index is 12.0. The first kappa shape index (κ1) is 15.6. The molecule has 0 unspecified atom stereocenters. The van der Waals surface area contributed by atoms with Crippen LogP contribution in [0, 0.1) is 0 Å². The highest BCUT2D eigenvalue weighted by Crippen LogP contribution is 2.32. The Labute approximate surface area is 142 Å². The second-order valence-electron chi connectivity index (χ2n) is 4.69. The summed E-state index contributed by atoms with van der Waals surface area (Å²) in [6, 6.07) is 10.1. The Kier molecular flexibility index (Phi) is 4.69. The largest absolute Gasteiger partial charge is 0.486 e. The van der Waals surface area contributed by atoms with Crippen LogP contribution < -0.4 is 14.9 Å². The molecule has 0 bridgehead atoms. The number of rotatable bonds is 3. The van der Waals surface area contributed by atoms with Gasteiger partial charge in [0.25, 0.3) is 5.91 Å². The van der Waals surface area contributed by atoms with E-state index in [4.69, 9.17) is 32.7 Å². The van der Waals surface area contributed by atoms with E-state index in [1.54, 1.807) is 6.07 Å². The van der Waals surface area contributed by atoms with Crippen molar-refractivity contribution in [2.75, 3.05) is 13.2 Å². The van der Waals surface area contributed by atoms with Gasteiger partial charge >= 0.3 is 0 Å². The van der Waals surface area contributed by atoms with Gasteiger partial charge in [-0.2, -0.15) is 5.10 Å². The summed E-state index contributed by atoms with van der Waals surface area (Å²) < 4.78 is 11.0. The summed E-state index contributed by atoms with van der Waals surface area (Å²) in [6.45, 7) is 0.990. The minimum Gasteiger partial charge on any atom is -0.486 e. The first-order valence-corrected chi connectivity index (χ1v) is 7.58. The maximum absolute atomic E-state index is 12.0. The second-order valence-corrected chi connectivity index (χ2v) is 5.54. The van der Waals surface area contributed by atoms with Gasteiger partial charge in [0, 0.05) is 10.6 Å². The minimum atomic E-state index is -0.426. The quantitative estimate of drug-likeness (QED) is 0.680. The fraction of sp³-hybridized carbons (Fsp3) is 0.125. The molecule has 118 valence electrons. The summed E-state index contributed by atoms with van der Waals surface area (Å²) >= 11 is 11.8. The van der Waals surface area contributed by atoms with Crippen molar-refractivity contribution in [2.45, 2.75) is 0 Å². The number of para-hydroxylation sites is 1. The average Bonchev–Trinajstić information content (AvgIpc) is 2.55. The van der Waals surface area contributed by atoms with Crippen molar-refractivity contribution < 1.29 is 14.3 Å². The number of carbonyl (C=O) groups excluding carboxylic acids is 1. The van der Waals surface area contributed by atoms with Crippen molar-refractivity contribution in [1.82, 2.24) is 5.43 Å². The Morgan fingerprint density at radius 2 is 2.00 bits per heavy atom. The van der Waals surface area contributed by atoms with Crippen LogP contribution in [0.15, 0.2) is 41.5 Å². The van der Waals surface area contributed by atoms with Crippen LogP contribution >= 0.6 is 23.2 Å². The second kappa shape index (κ2) is 6.89. The topological polar surface area (TPSA) is 59.9 Å². The number of halogens is 2. The van der Waals surface area contributed by atoms with Crippen LogP contribution in [0.5, 0.6) is 11.5 Å². The normalized spacial score (nSPS) is 13.1. The zero-order valence-corrected chi connectivity index (χ0v) is 13.4. The number of amides is 1. The number of ether oxygens (including phenoxy) is 2. The van der Waals surface area contributed by atoms with Crippen LogP contribution in [0.2, 0.25) is 10.0 Å². The van der Waals surface area contributed by atoms with Gasteiger partial charge in [-0.25, -0.2) is 5.43 Å². The van der Waals surface area contributed by atoms with E-state index in [2.05, 4.69) is 10.5 Å². The van der Waals surface area contributed by atoms with Crippen molar-refractivity contribution >= 4 is 35.3 Å². The van der Waals surface area contributed by atoms with Gasteiger partial charge in [-0.3, -0.25) is 4.79 Å². The molecule has 5 nitrogen and oxygen atoms in total. The molecule has 1 aliphatic rings. The molecule has 0 atom stereocenters. The van der Waals surface area contributed by atoms with E-state index in [-0.39, 0.29) is 5.02 Å². The molecule has 0 spiro atoms. The third-order valence-corrected chi connectivity index (χ3v) is 3.69. The molecular weight excluding hydrogens is 339 g/mol. The fourth-order valence-corrected chi connectivity index (χ4v) is 2.59. The van der Waals surface area contributed by atoms with Crippen LogP contribution in [0.25, 0.3) is 0 Å². The predicted molar refractivity (Wildman–Crippen MR) is 89.0 cm³/mol. The first-order valence-electron chi connectivity index (χ1n) is 6.82. The Balaban J connectivity index is 1.73. The molecular formula is C16H12Cl2N2O3. The highest BCUT2D eigenvalue weighted by molar-refractivity contribution is 6.36. The van der Waals surface area contributed by atoms with Crippen molar-refractivity contribution in [3.63, 3.8) is 0 Å². The molecule has 3 rings (SSSR count). The third-order valence-electron chi connectivity index (χ3n) is 3.14. The molecule has 0 aliphatic carbocycles. The summed E-state index contributed by atoms with van der Waals surface area (Å²) in [7, 11) is 0.